The van der Waals surface area contributed by atoms with Gasteiger partial charge in [0.05, 0.1) is 6.54 Å². The molecule has 1 saturated carbocycles. The van der Waals surface area contributed by atoms with Gasteiger partial charge in [0.15, 0.2) is 0 Å². The zero-order valence-electron chi connectivity index (χ0n) is 11.5. The van der Waals surface area contributed by atoms with Crippen LogP contribution in [-0.4, -0.2) is 39.2 Å². The van der Waals surface area contributed by atoms with Crippen molar-refractivity contribution in [3.8, 4) is 0 Å². The molecule has 0 saturated heterocycles. The molecule has 6 heteroatoms. The van der Waals surface area contributed by atoms with E-state index in [2.05, 4.69) is 20.3 Å². The van der Waals surface area contributed by atoms with Gasteiger partial charge in [-0.15, -0.1) is 0 Å². The fourth-order valence-corrected chi connectivity index (χ4v) is 2.37. The molecule has 0 aliphatic heterocycles. The fraction of sp³-hybridized carbons (Fsp3) is 0.692. The lowest BCUT2D eigenvalue weighted by atomic mass is 9.91. The number of nitrogens with zero attached hydrogens (tertiary/aromatic N) is 3. The van der Waals surface area contributed by atoms with Gasteiger partial charge in [-0.25, -0.2) is 15.8 Å². The molecule has 1 aromatic rings. The average molecular weight is 265 g/mol. The number of aryl methyl sites for hydroxylation is 1. The molecular formula is C13H23N5O. The zero-order valence-corrected chi connectivity index (χ0v) is 11.5. The summed E-state index contributed by atoms with van der Waals surface area (Å²) in [6.45, 7) is 3.78. The lowest BCUT2D eigenvalue weighted by Gasteiger charge is -2.37. The van der Waals surface area contributed by atoms with Crippen molar-refractivity contribution >= 4 is 5.82 Å². The molecule has 0 atom stereocenters. The second-order valence-electron chi connectivity index (χ2n) is 5.09. The zero-order chi connectivity index (χ0) is 13.7. The van der Waals surface area contributed by atoms with Crippen LogP contribution < -0.4 is 11.3 Å². The van der Waals surface area contributed by atoms with Gasteiger partial charge in [0, 0.05) is 31.0 Å². The molecule has 0 bridgehead atoms. The molecule has 1 aromatic heterocycles. The van der Waals surface area contributed by atoms with Crippen LogP contribution >= 0.6 is 0 Å². The third kappa shape index (κ3) is 3.86. The first-order valence-electron chi connectivity index (χ1n) is 6.89. The Morgan fingerprint density at radius 2 is 2.26 bits per heavy atom. The van der Waals surface area contributed by atoms with E-state index in [4.69, 9.17) is 10.9 Å². The van der Waals surface area contributed by atoms with E-state index in [9.17, 15) is 0 Å². The molecule has 2 rings (SSSR count). The van der Waals surface area contributed by atoms with Crippen LogP contribution in [0.25, 0.3) is 0 Å². The minimum atomic E-state index is 0.230. The summed E-state index contributed by atoms with van der Waals surface area (Å²) in [6.07, 6.45) is 4.56. The summed E-state index contributed by atoms with van der Waals surface area (Å²) in [4.78, 5) is 11.2. The van der Waals surface area contributed by atoms with Gasteiger partial charge in [-0.3, -0.25) is 4.90 Å². The largest absolute Gasteiger partial charge is 0.396 e. The van der Waals surface area contributed by atoms with Crippen molar-refractivity contribution in [3.63, 3.8) is 0 Å². The first kappa shape index (κ1) is 14.2. The summed E-state index contributed by atoms with van der Waals surface area (Å²) in [5.74, 6) is 6.85. The molecule has 0 radical (unpaired) electrons. The van der Waals surface area contributed by atoms with Gasteiger partial charge >= 0.3 is 0 Å². The molecule has 1 aliphatic carbocycles. The van der Waals surface area contributed by atoms with Crippen LogP contribution in [0, 0.1) is 6.92 Å². The normalized spacial score (nSPS) is 15.6. The number of anilines is 1. The van der Waals surface area contributed by atoms with Crippen molar-refractivity contribution in [1.29, 1.82) is 0 Å². The van der Waals surface area contributed by atoms with E-state index in [1.807, 2.05) is 13.0 Å². The number of nitrogens with two attached hydrogens (primary N) is 1. The highest BCUT2D eigenvalue weighted by molar-refractivity contribution is 5.33. The minimum Gasteiger partial charge on any atom is -0.396 e. The minimum absolute atomic E-state index is 0.230. The van der Waals surface area contributed by atoms with Gasteiger partial charge in [0.1, 0.15) is 11.6 Å². The molecule has 1 fully saturated rings. The van der Waals surface area contributed by atoms with E-state index in [0.29, 0.717) is 11.9 Å². The van der Waals surface area contributed by atoms with Crippen LogP contribution in [0.4, 0.5) is 5.82 Å². The monoisotopic (exact) mass is 265 g/mol. The number of nitrogen functional groups attached to an aromatic ring is 1. The number of aliphatic hydroxyl groups excluding tert-OH is 1. The SMILES string of the molecule is Cc1cc(NN)nc(CN(CCCO)C2CCC2)n1. The molecule has 1 aliphatic rings. The van der Waals surface area contributed by atoms with Gasteiger partial charge in [0.2, 0.25) is 0 Å². The summed E-state index contributed by atoms with van der Waals surface area (Å²) >= 11 is 0. The maximum absolute atomic E-state index is 9.00. The summed E-state index contributed by atoms with van der Waals surface area (Å²) in [5.41, 5.74) is 3.48. The van der Waals surface area contributed by atoms with E-state index >= 15 is 0 Å². The number of rotatable bonds is 7. The van der Waals surface area contributed by atoms with Gasteiger partial charge in [0.25, 0.3) is 0 Å². The van der Waals surface area contributed by atoms with Crippen LogP contribution in [0.5, 0.6) is 0 Å². The standard InChI is InChI=1S/C13H23N5O/c1-10-8-12(17-14)16-13(15-10)9-18(6-3-7-19)11-4-2-5-11/h8,11,19H,2-7,9,14H2,1H3,(H,15,16,17). The Kier molecular flexibility index (Phi) is 5.07. The quantitative estimate of drug-likeness (QED) is 0.499. The maximum atomic E-state index is 9.00. The van der Waals surface area contributed by atoms with Gasteiger partial charge < -0.3 is 10.5 Å². The second kappa shape index (κ2) is 6.79. The highest BCUT2D eigenvalue weighted by Crippen LogP contribution is 2.26. The van der Waals surface area contributed by atoms with E-state index in [0.717, 1.165) is 31.0 Å². The van der Waals surface area contributed by atoms with E-state index in [1.54, 1.807) is 0 Å². The number of aromatic nitrogens is 2. The molecule has 0 spiro atoms. The lowest BCUT2D eigenvalue weighted by molar-refractivity contribution is 0.106. The molecule has 0 aromatic carbocycles. The van der Waals surface area contributed by atoms with Gasteiger partial charge in [-0.05, 0) is 26.2 Å². The number of hydrogen-bond donors (Lipinski definition) is 3. The summed E-state index contributed by atoms with van der Waals surface area (Å²) in [5, 5.41) is 9.00. The van der Waals surface area contributed by atoms with Gasteiger partial charge in [-0.2, -0.15) is 0 Å². The summed E-state index contributed by atoms with van der Waals surface area (Å²) in [7, 11) is 0. The summed E-state index contributed by atoms with van der Waals surface area (Å²) < 4.78 is 0. The molecule has 19 heavy (non-hydrogen) atoms. The predicted octanol–water partition coefficient (Wildman–Crippen LogP) is 0.808. The number of hydrogen-bond acceptors (Lipinski definition) is 6. The smallest absolute Gasteiger partial charge is 0.145 e. The third-order valence-electron chi connectivity index (χ3n) is 3.59. The van der Waals surface area contributed by atoms with Crippen molar-refractivity contribution < 1.29 is 5.11 Å². The first-order valence-corrected chi connectivity index (χ1v) is 6.89. The molecule has 4 N–H and O–H groups in total. The maximum Gasteiger partial charge on any atom is 0.145 e. The van der Waals surface area contributed by atoms with Crippen molar-refractivity contribution in [2.45, 2.75) is 45.2 Å². The van der Waals surface area contributed by atoms with Crippen LogP contribution in [0.3, 0.4) is 0 Å². The molecule has 6 nitrogen and oxygen atoms in total. The third-order valence-corrected chi connectivity index (χ3v) is 3.59. The van der Waals surface area contributed by atoms with Crippen molar-refractivity contribution in [2.24, 2.45) is 5.84 Å². The molecular weight excluding hydrogens is 242 g/mol. The topological polar surface area (TPSA) is 87.3 Å². The van der Waals surface area contributed by atoms with Crippen LogP contribution in [0.1, 0.15) is 37.2 Å². The van der Waals surface area contributed by atoms with E-state index < -0.39 is 0 Å². The lowest BCUT2D eigenvalue weighted by Crippen LogP contribution is -2.40. The van der Waals surface area contributed by atoms with Crippen molar-refractivity contribution in [3.05, 3.63) is 17.6 Å². The average Bonchev–Trinajstić information content (AvgIpc) is 2.33. The number of aliphatic hydroxyl groups is 1. The van der Waals surface area contributed by atoms with Crippen molar-refractivity contribution in [1.82, 2.24) is 14.9 Å². The highest BCUT2D eigenvalue weighted by atomic mass is 16.3. The van der Waals surface area contributed by atoms with Gasteiger partial charge in [-0.1, -0.05) is 6.42 Å². The number of nitrogens with one attached hydrogen (secondary N) is 1. The first-order chi connectivity index (χ1) is 9.22. The van der Waals surface area contributed by atoms with E-state index in [1.165, 1.54) is 19.3 Å². The Balaban J connectivity index is 2.04. The predicted molar refractivity (Wildman–Crippen MR) is 74.3 cm³/mol. The Morgan fingerprint density at radius 3 is 2.84 bits per heavy atom. The highest BCUT2D eigenvalue weighted by Gasteiger charge is 2.25. The van der Waals surface area contributed by atoms with E-state index in [-0.39, 0.29) is 6.61 Å². The Morgan fingerprint density at radius 1 is 1.47 bits per heavy atom. The summed E-state index contributed by atoms with van der Waals surface area (Å²) in [6, 6.07) is 2.44. The van der Waals surface area contributed by atoms with Crippen LogP contribution in [0.2, 0.25) is 0 Å². The Bertz CT molecular complexity index is 408. The van der Waals surface area contributed by atoms with Crippen LogP contribution in [0.15, 0.2) is 6.07 Å². The Hall–Kier alpha value is -1.24. The van der Waals surface area contributed by atoms with Crippen molar-refractivity contribution in [2.75, 3.05) is 18.6 Å². The number of hydrazine groups is 1. The molecule has 0 amide bonds. The molecule has 1 heterocycles. The fourth-order valence-electron chi connectivity index (χ4n) is 2.37. The molecule has 0 unspecified atom stereocenters. The second-order valence-corrected chi connectivity index (χ2v) is 5.09. The molecule has 106 valence electrons. The van der Waals surface area contributed by atoms with Crippen LogP contribution in [-0.2, 0) is 6.54 Å². The Labute approximate surface area is 114 Å².